The van der Waals surface area contributed by atoms with Crippen molar-refractivity contribution in [2.24, 2.45) is 0 Å². The van der Waals surface area contributed by atoms with Gasteiger partial charge in [0.05, 0.1) is 20.3 Å². The highest BCUT2D eigenvalue weighted by Gasteiger charge is 2.42. The zero-order valence-corrected chi connectivity index (χ0v) is 20.0. The van der Waals surface area contributed by atoms with Crippen molar-refractivity contribution in [3.8, 4) is 11.5 Å². The molecule has 0 aliphatic carbocycles. The Bertz CT molecular complexity index is 1060. The lowest BCUT2D eigenvalue weighted by Crippen LogP contribution is -2.54. The van der Waals surface area contributed by atoms with Crippen molar-refractivity contribution in [3.63, 3.8) is 0 Å². The first kappa shape index (κ1) is 24.9. The van der Waals surface area contributed by atoms with E-state index in [4.69, 9.17) is 14.2 Å². The fourth-order valence-corrected chi connectivity index (χ4v) is 4.06. The van der Waals surface area contributed by atoms with Crippen molar-refractivity contribution >= 4 is 18.0 Å². The van der Waals surface area contributed by atoms with E-state index in [1.54, 1.807) is 32.9 Å². The first-order chi connectivity index (χ1) is 16.1. The lowest BCUT2D eigenvalue weighted by Gasteiger charge is -2.42. The number of amides is 2. The lowest BCUT2D eigenvalue weighted by molar-refractivity contribution is -0.152. The maximum atomic E-state index is 13.4. The van der Waals surface area contributed by atoms with Gasteiger partial charge in [-0.15, -0.1) is 0 Å². The minimum Gasteiger partial charge on any atom is -0.493 e. The van der Waals surface area contributed by atoms with Crippen LogP contribution in [-0.2, 0) is 20.7 Å². The average molecular weight is 471 g/mol. The molecular formula is C25H30N2O7. The van der Waals surface area contributed by atoms with Crippen LogP contribution in [0.5, 0.6) is 11.5 Å². The monoisotopic (exact) mass is 470 g/mol. The molecule has 2 atom stereocenters. The fraction of sp³-hybridized carbons (Fsp3) is 0.400. The van der Waals surface area contributed by atoms with Crippen molar-refractivity contribution in [3.05, 3.63) is 59.2 Å². The highest BCUT2D eigenvalue weighted by Crippen LogP contribution is 2.43. The van der Waals surface area contributed by atoms with E-state index in [0.29, 0.717) is 11.5 Å². The summed E-state index contributed by atoms with van der Waals surface area (Å²) in [6.45, 7) is 4.72. The molecule has 3 rings (SSSR count). The Kier molecular flexibility index (Phi) is 7.34. The molecule has 9 nitrogen and oxygen atoms in total. The summed E-state index contributed by atoms with van der Waals surface area (Å²) in [6.07, 6.45) is -0.681. The summed E-state index contributed by atoms with van der Waals surface area (Å²) in [5, 5.41) is 12.5. The molecule has 0 saturated heterocycles. The van der Waals surface area contributed by atoms with Crippen LogP contribution in [0.4, 0.5) is 4.79 Å². The van der Waals surface area contributed by atoms with Gasteiger partial charge in [0.15, 0.2) is 11.5 Å². The van der Waals surface area contributed by atoms with Gasteiger partial charge in [-0.25, -0.2) is 9.59 Å². The first-order valence-corrected chi connectivity index (χ1v) is 10.9. The molecular weight excluding hydrogens is 440 g/mol. The Morgan fingerprint density at radius 1 is 1.06 bits per heavy atom. The molecule has 34 heavy (non-hydrogen) atoms. The molecule has 0 bridgehead atoms. The molecule has 2 aromatic rings. The number of hydrogen-bond acceptors (Lipinski definition) is 6. The zero-order valence-electron chi connectivity index (χ0n) is 20.0. The summed E-state index contributed by atoms with van der Waals surface area (Å²) >= 11 is 0. The van der Waals surface area contributed by atoms with Gasteiger partial charge >= 0.3 is 12.1 Å². The highest BCUT2D eigenvalue weighted by atomic mass is 16.6. The molecule has 182 valence electrons. The van der Waals surface area contributed by atoms with Gasteiger partial charge in [-0.3, -0.25) is 4.79 Å². The van der Waals surface area contributed by atoms with E-state index >= 15 is 0 Å². The highest BCUT2D eigenvalue weighted by molar-refractivity contribution is 5.88. The Hall–Kier alpha value is -3.75. The minimum absolute atomic E-state index is 0.0759. The van der Waals surface area contributed by atoms with Crippen LogP contribution in [0.15, 0.2) is 42.5 Å². The Morgan fingerprint density at radius 2 is 1.68 bits per heavy atom. The number of carboxylic acids is 1. The van der Waals surface area contributed by atoms with Crippen LogP contribution < -0.4 is 14.8 Å². The number of ether oxygens (including phenoxy) is 3. The predicted octanol–water partition coefficient (Wildman–Crippen LogP) is 3.16. The molecule has 2 amide bonds. The van der Waals surface area contributed by atoms with Crippen LogP contribution in [0, 0.1) is 0 Å². The van der Waals surface area contributed by atoms with Gasteiger partial charge in [0, 0.05) is 6.42 Å². The summed E-state index contributed by atoms with van der Waals surface area (Å²) in [7, 11) is 3.02. The summed E-state index contributed by atoms with van der Waals surface area (Å²) in [6, 6.07) is 10.8. The molecule has 2 unspecified atom stereocenters. The smallest absolute Gasteiger partial charge is 0.408 e. The topological polar surface area (TPSA) is 114 Å². The number of aliphatic carboxylic acids is 1. The molecule has 0 aromatic heterocycles. The van der Waals surface area contributed by atoms with Gasteiger partial charge in [-0.1, -0.05) is 30.3 Å². The van der Waals surface area contributed by atoms with E-state index in [9.17, 15) is 19.5 Å². The van der Waals surface area contributed by atoms with Gasteiger partial charge in [0.25, 0.3) is 0 Å². The van der Waals surface area contributed by atoms with E-state index in [0.717, 1.165) is 16.7 Å². The van der Waals surface area contributed by atoms with Crippen LogP contribution in [0.3, 0.4) is 0 Å². The number of carbonyl (C=O) groups is 3. The van der Waals surface area contributed by atoms with E-state index < -0.39 is 42.2 Å². The van der Waals surface area contributed by atoms with Gasteiger partial charge in [-0.2, -0.15) is 0 Å². The van der Waals surface area contributed by atoms with E-state index in [1.165, 1.54) is 19.1 Å². The maximum Gasteiger partial charge on any atom is 0.408 e. The van der Waals surface area contributed by atoms with Gasteiger partial charge in [0.2, 0.25) is 5.91 Å². The standard InChI is InChI=1S/C25H30N2O7/c1-25(2,3)34-24(31)26-14-21(28)27-18(23(29)30)11-16-12-19(32-4)20(33-5)13-17(16)22(27)15-9-7-6-8-10-15/h6-10,12-13,18,22H,11,14H2,1-5H3,(H,26,31)(H,29,30). The summed E-state index contributed by atoms with van der Waals surface area (Å²) in [5.74, 6) is -0.752. The number of nitrogens with one attached hydrogen (secondary N) is 1. The van der Waals surface area contributed by atoms with Crippen LogP contribution in [0.2, 0.25) is 0 Å². The molecule has 9 heteroatoms. The molecule has 0 fully saturated rings. The van der Waals surface area contributed by atoms with E-state index in [1.807, 2.05) is 30.3 Å². The number of rotatable bonds is 6. The van der Waals surface area contributed by atoms with Crippen molar-refractivity contribution in [2.75, 3.05) is 20.8 Å². The molecule has 2 aromatic carbocycles. The van der Waals surface area contributed by atoms with Crippen LogP contribution >= 0.6 is 0 Å². The number of hydrogen-bond donors (Lipinski definition) is 2. The number of methoxy groups -OCH3 is 2. The Morgan fingerprint density at radius 3 is 2.24 bits per heavy atom. The number of alkyl carbamates (subject to hydrolysis) is 1. The zero-order chi connectivity index (χ0) is 25.0. The second-order valence-corrected chi connectivity index (χ2v) is 8.93. The second-order valence-electron chi connectivity index (χ2n) is 8.93. The third kappa shape index (κ3) is 5.41. The number of fused-ring (bicyclic) bond motifs is 1. The maximum absolute atomic E-state index is 13.4. The third-order valence-electron chi connectivity index (χ3n) is 5.44. The van der Waals surface area contributed by atoms with Gasteiger partial charge in [0.1, 0.15) is 18.2 Å². The first-order valence-electron chi connectivity index (χ1n) is 10.9. The third-order valence-corrected chi connectivity index (χ3v) is 5.44. The van der Waals surface area contributed by atoms with Crippen molar-refractivity contribution in [1.29, 1.82) is 0 Å². The van der Waals surface area contributed by atoms with Crippen molar-refractivity contribution < 1.29 is 33.7 Å². The molecule has 1 aliphatic rings. The van der Waals surface area contributed by atoms with Crippen LogP contribution in [0.1, 0.15) is 43.5 Å². The lowest BCUT2D eigenvalue weighted by atomic mass is 9.84. The summed E-state index contributed by atoms with van der Waals surface area (Å²) in [4.78, 5) is 39.1. The van der Waals surface area contributed by atoms with Crippen molar-refractivity contribution in [2.45, 2.75) is 44.9 Å². The molecule has 1 heterocycles. The Labute approximate surface area is 198 Å². The van der Waals surface area contributed by atoms with Gasteiger partial charge < -0.3 is 29.5 Å². The number of benzene rings is 2. The summed E-state index contributed by atoms with van der Waals surface area (Å²) < 4.78 is 16.1. The Balaban J connectivity index is 2.06. The SMILES string of the molecule is COc1cc2c(cc1OC)C(c1ccccc1)N(C(=O)CNC(=O)OC(C)(C)C)C(C(=O)O)C2. The van der Waals surface area contributed by atoms with Crippen LogP contribution in [0.25, 0.3) is 0 Å². The number of carboxylic acid groups (broad SMARTS) is 1. The number of nitrogens with zero attached hydrogens (tertiary/aromatic N) is 1. The van der Waals surface area contributed by atoms with Gasteiger partial charge in [-0.05, 0) is 49.6 Å². The molecule has 1 aliphatic heterocycles. The normalized spacial score (nSPS) is 17.4. The average Bonchev–Trinajstić information content (AvgIpc) is 2.79. The molecule has 0 spiro atoms. The minimum atomic E-state index is -1.15. The largest absolute Gasteiger partial charge is 0.493 e. The predicted molar refractivity (Wildman–Crippen MR) is 124 cm³/mol. The molecule has 0 radical (unpaired) electrons. The number of carbonyl (C=O) groups excluding carboxylic acids is 2. The van der Waals surface area contributed by atoms with Crippen LogP contribution in [-0.4, -0.2) is 60.4 Å². The molecule has 0 saturated carbocycles. The fourth-order valence-electron chi connectivity index (χ4n) is 4.06. The van der Waals surface area contributed by atoms with E-state index in [-0.39, 0.29) is 6.42 Å². The van der Waals surface area contributed by atoms with E-state index in [2.05, 4.69) is 5.32 Å². The van der Waals surface area contributed by atoms with Crippen molar-refractivity contribution in [1.82, 2.24) is 10.2 Å². The summed E-state index contributed by atoms with van der Waals surface area (Å²) in [5.41, 5.74) is 1.46. The quantitative estimate of drug-likeness (QED) is 0.667. The molecule has 2 N–H and O–H groups in total. The second kappa shape index (κ2) is 10.0.